The fourth-order valence-corrected chi connectivity index (χ4v) is 3.31. The van der Waals surface area contributed by atoms with E-state index in [2.05, 4.69) is 52.2 Å². The van der Waals surface area contributed by atoms with Gasteiger partial charge in [-0.05, 0) is 43.2 Å². The summed E-state index contributed by atoms with van der Waals surface area (Å²) in [4.78, 5) is 16.6. The molecular formula is C22H22N4O2. The number of carbonyl (C=O) groups is 1. The maximum atomic E-state index is 12.3. The summed E-state index contributed by atoms with van der Waals surface area (Å²) in [5, 5.41) is 8.09. The lowest BCUT2D eigenvalue weighted by atomic mass is 10.1. The van der Waals surface area contributed by atoms with Crippen molar-refractivity contribution in [3.63, 3.8) is 0 Å². The Morgan fingerprint density at radius 2 is 1.96 bits per heavy atom. The first kappa shape index (κ1) is 18.0. The van der Waals surface area contributed by atoms with E-state index in [1.54, 1.807) is 0 Å². The normalized spacial score (nSPS) is 11.1. The number of nitrogens with one attached hydrogen (secondary N) is 1. The standard InChI is InChI=1S/C22H22N4O2/c1-14-6-4-5-7-18(14)22-24-21(28-25-22)12-20(27)23-13-16-8-9-19-17(11-16)10-15(2)26(19)3/h4-11H,12-13H2,1-3H3,(H,23,27). The minimum atomic E-state index is -0.149. The minimum absolute atomic E-state index is 0.0611. The van der Waals surface area contributed by atoms with Gasteiger partial charge in [-0.1, -0.05) is 35.5 Å². The third-order valence-corrected chi connectivity index (χ3v) is 5.00. The molecule has 0 atom stereocenters. The van der Waals surface area contributed by atoms with E-state index >= 15 is 0 Å². The van der Waals surface area contributed by atoms with Gasteiger partial charge in [0, 0.05) is 35.8 Å². The monoisotopic (exact) mass is 374 g/mol. The van der Waals surface area contributed by atoms with Gasteiger partial charge in [-0.25, -0.2) is 0 Å². The molecule has 1 N–H and O–H groups in total. The summed E-state index contributed by atoms with van der Waals surface area (Å²) in [6, 6.07) is 16.2. The van der Waals surface area contributed by atoms with Gasteiger partial charge in [0.15, 0.2) is 0 Å². The number of rotatable bonds is 5. The van der Waals surface area contributed by atoms with Crippen LogP contribution in [0.2, 0.25) is 0 Å². The number of hydrogen-bond donors (Lipinski definition) is 1. The Kier molecular flexibility index (Phi) is 4.69. The molecule has 1 amide bonds. The number of aryl methyl sites for hydroxylation is 3. The van der Waals surface area contributed by atoms with Gasteiger partial charge in [-0.3, -0.25) is 4.79 Å². The van der Waals surface area contributed by atoms with Crippen molar-refractivity contribution in [2.45, 2.75) is 26.8 Å². The summed E-state index contributed by atoms with van der Waals surface area (Å²) in [6.07, 6.45) is 0.0611. The van der Waals surface area contributed by atoms with Crippen molar-refractivity contribution in [2.24, 2.45) is 7.05 Å². The molecule has 0 spiro atoms. The number of nitrogens with zero attached hydrogens (tertiary/aromatic N) is 3. The van der Waals surface area contributed by atoms with Crippen LogP contribution in [0, 0.1) is 13.8 Å². The molecule has 0 unspecified atom stereocenters. The van der Waals surface area contributed by atoms with Gasteiger partial charge in [0.2, 0.25) is 17.6 Å². The van der Waals surface area contributed by atoms with E-state index in [1.807, 2.05) is 37.3 Å². The quantitative estimate of drug-likeness (QED) is 0.578. The molecule has 0 aliphatic carbocycles. The van der Waals surface area contributed by atoms with Gasteiger partial charge in [0.1, 0.15) is 6.42 Å². The van der Waals surface area contributed by atoms with Gasteiger partial charge in [-0.15, -0.1) is 0 Å². The van der Waals surface area contributed by atoms with Crippen LogP contribution in [0.4, 0.5) is 0 Å². The van der Waals surface area contributed by atoms with Gasteiger partial charge >= 0.3 is 0 Å². The zero-order valence-corrected chi connectivity index (χ0v) is 16.2. The van der Waals surface area contributed by atoms with Crippen LogP contribution >= 0.6 is 0 Å². The van der Waals surface area contributed by atoms with Crippen molar-refractivity contribution in [1.29, 1.82) is 0 Å². The Hall–Kier alpha value is -3.41. The maximum absolute atomic E-state index is 12.3. The smallest absolute Gasteiger partial charge is 0.236 e. The molecule has 0 fully saturated rings. The lowest BCUT2D eigenvalue weighted by Crippen LogP contribution is -2.24. The molecule has 0 saturated heterocycles. The van der Waals surface area contributed by atoms with E-state index in [-0.39, 0.29) is 12.3 Å². The van der Waals surface area contributed by atoms with Crippen molar-refractivity contribution in [1.82, 2.24) is 20.0 Å². The van der Waals surface area contributed by atoms with Gasteiger partial charge in [0.05, 0.1) is 0 Å². The van der Waals surface area contributed by atoms with Gasteiger partial charge in [0.25, 0.3) is 0 Å². The molecule has 142 valence electrons. The van der Waals surface area contributed by atoms with Crippen LogP contribution < -0.4 is 5.32 Å². The van der Waals surface area contributed by atoms with Crippen LogP contribution in [-0.2, 0) is 24.8 Å². The van der Waals surface area contributed by atoms with E-state index in [9.17, 15) is 4.79 Å². The Labute approximate surface area is 163 Å². The molecule has 0 aliphatic heterocycles. The number of hydrogen-bond acceptors (Lipinski definition) is 4. The van der Waals surface area contributed by atoms with Gasteiger partial charge < -0.3 is 14.4 Å². The van der Waals surface area contributed by atoms with E-state index in [0.29, 0.717) is 18.3 Å². The number of fused-ring (bicyclic) bond motifs is 1. The van der Waals surface area contributed by atoms with Crippen molar-refractivity contribution in [2.75, 3.05) is 0 Å². The zero-order valence-electron chi connectivity index (χ0n) is 16.2. The highest BCUT2D eigenvalue weighted by molar-refractivity contribution is 5.82. The van der Waals surface area contributed by atoms with Crippen LogP contribution in [0.15, 0.2) is 53.1 Å². The second kappa shape index (κ2) is 7.31. The predicted octanol–water partition coefficient (Wildman–Crippen LogP) is 3.70. The number of carbonyl (C=O) groups excluding carboxylic acids is 1. The average Bonchev–Trinajstić information content (AvgIpc) is 3.25. The highest BCUT2D eigenvalue weighted by atomic mass is 16.5. The second-order valence-electron chi connectivity index (χ2n) is 7.02. The molecule has 2 aromatic carbocycles. The summed E-state index contributed by atoms with van der Waals surface area (Å²) < 4.78 is 7.40. The molecule has 4 rings (SSSR count). The van der Waals surface area contributed by atoms with Crippen LogP contribution in [0.1, 0.15) is 22.7 Å². The van der Waals surface area contributed by atoms with E-state index < -0.39 is 0 Å². The molecule has 4 aromatic rings. The molecule has 6 heteroatoms. The van der Waals surface area contributed by atoms with E-state index in [0.717, 1.165) is 16.7 Å². The zero-order chi connectivity index (χ0) is 19.7. The highest BCUT2D eigenvalue weighted by Crippen LogP contribution is 2.21. The molecule has 6 nitrogen and oxygen atoms in total. The molecule has 0 saturated carbocycles. The molecule has 0 radical (unpaired) electrons. The lowest BCUT2D eigenvalue weighted by molar-refractivity contribution is -0.120. The number of aromatic nitrogens is 3. The van der Waals surface area contributed by atoms with E-state index in [1.165, 1.54) is 16.6 Å². The Balaban J connectivity index is 1.39. The van der Waals surface area contributed by atoms with Crippen LogP contribution in [0.25, 0.3) is 22.3 Å². The molecule has 2 aromatic heterocycles. The molecule has 0 bridgehead atoms. The van der Waals surface area contributed by atoms with Crippen molar-refractivity contribution in [3.8, 4) is 11.4 Å². The Morgan fingerprint density at radius 1 is 1.14 bits per heavy atom. The summed E-state index contributed by atoms with van der Waals surface area (Å²) in [5.41, 5.74) is 5.41. The second-order valence-corrected chi connectivity index (χ2v) is 7.02. The summed E-state index contributed by atoms with van der Waals surface area (Å²) in [5.74, 6) is 0.667. The van der Waals surface area contributed by atoms with Crippen LogP contribution in [0.5, 0.6) is 0 Å². The summed E-state index contributed by atoms with van der Waals surface area (Å²) in [7, 11) is 2.05. The first-order valence-electron chi connectivity index (χ1n) is 9.21. The number of benzene rings is 2. The minimum Gasteiger partial charge on any atom is -0.352 e. The summed E-state index contributed by atoms with van der Waals surface area (Å²) >= 11 is 0. The predicted molar refractivity (Wildman–Crippen MR) is 108 cm³/mol. The third kappa shape index (κ3) is 3.53. The van der Waals surface area contributed by atoms with Crippen molar-refractivity contribution >= 4 is 16.8 Å². The fraction of sp³-hybridized carbons (Fsp3) is 0.227. The summed E-state index contributed by atoms with van der Waals surface area (Å²) in [6.45, 7) is 4.53. The van der Waals surface area contributed by atoms with Crippen molar-refractivity contribution < 1.29 is 9.32 Å². The molecular weight excluding hydrogens is 352 g/mol. The van der Waals surface area contributed by atoms with E-state index in [4.69, 9.17) is 4.52 Å². The largest absolute Gasteiger partial charge is 0.352 e. The highest BCUT2D eigenvalue weighted by Gasteiger charge is 2.14. The third-order valence-electron chi connectivity index (χ3n) is 5.00. The maximum Gasteiger partial charge on any atom is 0.236 e. The fourth-order valence-electron chi connectivity index (χ4n) is 3.31. The Bertz CT molecular complexity index is 1160. The lowest BCUT2D eigenvalue weighted by Gasteiger charge is -2.05. The Morgan fingerprint density at radius 3 is 2.79 bits per heavy atom. The molecule has 0 aliphatic rings. The average molecular weight is 374 g/mol. The van der Waals surface area contributed by atoms with Crippen LogP contribution in [0.3, 0.4) is 0 Å². The van der Waals surface area contributed by atoms with Crippen molar-refractivity contribution in [3.05, 3.63) is 71.2 Å². The van der Waals surface area contributed by atoms with Crippen LogP contribution in [-0.4, -0.2) is 20.6 Å². The first-order chi connectivity index (χ1) is 13.5. The van der Waals surface area contributed by atoms with Gasteiger partial charge in [-0.2, -0.15) is 4.98 Å². The first-order valence-corrected chi connectivity index (χ1v) is 9.21. The number of amides is 1. The topological polar surface area (TPSA) is 73.0 Å². The molecule has 28 heavy (non-hydrogen) atoms. The molecule has 2 heterocycles. The SMILES string of the molecule is Cc1ccccc1-c1noc(CC(=O)NCc2ccc3c(c2)cc(C)n3C)n1.